The van der Waals surface area contributed by atoms with E-state index in [1.807, 2.05) is 0 Å². The van der Waals surface area contributed by atoms with Gasteiger partial charge in [-0.05, 0) is 43.2 Å². The lowest BCUT2D eigenvalue weighted by atomic mass is 9.84. The molecule has 0 fully saturated rings. The van der Waals surface area contributed by atoms with Gasteiger partial charge in [-0.3, -0.25) is 0 Å². The van der Waals surface area contributed by atoms with Crippen LogP contribution in [0.15, 0.2) is 0 Å². The Hall–Kier alpha value is -0.0800. The average Bonchev–Trinajstić information content (AvgIpc) is 2.25. The molecule has 2 nitrogen and oxygen atoms in total. The fourth-order valence-electron chi connectivity index (χ4n) is 2.76. The van der Waals surface area contributed by atoms with Crippen molar-refractivity contribution in [1.82, 2.24) is 10.2 Å². The second-order valence-corrected chi connectivity index (χ2v) is 8.21. The maximum Gasteiger partial charge on any atom is 0.0128 e. The molecule has 0 spiro atoms. The monoisotopic (exact) mass is 284 g/mol. The lowest BCUT2D eigenvalue weighted by Crippen LogP contribution is -2.44. The molecule has 0 bridgehead atoms. The van der Waals surface area contributed by atoms with Crippen molar-refractivity contribution in [3.8, 4) is 0 Å². The Morgan fingerprint density at radius 2 is 1.45 bits per heavy atom. The Morgan fingerprint density at radius 3 is 1.80 bits per heavy atom. The van der Waals surface area contributed by atoms with Gasteiger partial charge in [0.25, 0.3) is 0 Å². The third-order valence-electron chi connectivity index (χ3n) is 3.67. The number of nitrogens with one attached hydrogen (secondary N) is 1. The zero-order valence-electron chi connectivity index (χ0n) is 15.4. The molecule has 0 amide bonds. The highest BCUT2D eigenvalue weighted by atomic mass is 15.1. The summed E-state index contributed by atoms with van der Waals surface area (Å²) >= 11 is 0. The molecule has 0 aromatic rings. The summed E-state index contributed by atoms with van der Waals surface area (Å²) in [6, 6.07) is 0.615. The molecule has 0 rings (SSSR count). The summed E-state index contributed by atoms with van der Waals surface area (Å²) in [5.41, 5.74) is 0.344. The van der Waals surface area contributed by atoms with Crippen molar-refractivity contribution < 1.29 is 0 Å². The predicted octanol–water partition coefficient (Wildman–Crippen LogP) is 4.40. The molecule has 20 heavy (non-hydrogen) atoms. The highest BCUT2D eigenvalue weighted by Gasteiger charge is 2.24. The second-order valence-electron chi connectivity index (χ2n) is 8.21. The number of rotatable bonds is 10. The van der Waals surface area contributed by atoms with Crippen LogP contribution in [0.25, 0.3) is 0 Å². The second kappa shape index (κ2) is 9.78. The smallest absolute Gasteiger partial charge is 0.0128 e. The van der Waals surface area contributed by atoms with Crippen LogP contribution in [0.3, 0.4) is 0 Å². The highest BCUT2D eigenvalue weighted by molar-refractivity contribution is 4.81. The Labute approximate surface area is 128 Å². The molecule has 1 unspecified atom stereocenters. The van der Waals surface area contributed by atoms with Gasteiger partial charge in [0.05, 0.1) is 0 Å². The maximum absolute atomic E-state index is 3.74. The number of hydrogen-bond acceptors (Lipinski definition) is 2. The Kier molecular flexibility index (Phi) is 9.74. The molecule has 0 saturated heterocycles. The molecular weight excluding hydrogens is 244 g/mol. The SMILES string of the molecule is CCCNC(CCN(CC(C)C)CC(C)C)C(C)(C)C. The van der Waals surface area contributed by atoms with Crippen LogP contribution in [0, 0.1) is 17.3 Å². The average molecular weight is 285 g/mol. The zero-order valence-corrected chi connectivity index (χ0v) is 15.4. The van der Waals surface area contributed by atoms with Gasteiger partial charge in [-0.1, -0.05) is 55.4 Å². The molecule has 0 aromatic carbocycles. The topological polar surface area (TPSA) is 15.3 Å². The van der Waals surface area contributed by atoms with Crippen LogP contribution in [0.5, 0.6) is 0 Å². The van der Waals surface area contributed by atoms with Crippen LogP contribution in [0.4, 0.5) is 0 Å². The van der Waals surface area contributed by atoms with E-state index in [-0.39, 0.29) is 0 Å². The van der Waals surface area contributed by atoms with Crippen molar-refractivity contribution in [3.05, 3.63) is 0 Å². The van der Waals surface area contributed by atoms with Gasteiger partial charge in [0.15, 0.2) is 0 Å². The van der Waals surface area contributed by atoms with E-state index in [1.165, 1.54) is 32.5 Å². The largest absolute Gasteiger partial charge is 0.313 e. The molecule has 122 valence electrons. The molecule has 0 aliphatic heterocycles. The lowest BCUT2D eigenvalue weighted by molar-refractivity contribution is 0.179. The van der Waals surface area contributed by atoms with Crippen LogP contribution < -0.4 is 5.32 Å². The summed E-state index contributed by atoms with van der Waals surface area (Å²) in [5, 5.41) is 3.74. The normalized spacial score (nSPS) is 14.6. The van der Waals surface area contributed by atoms with Gasteiger partial charge >= 0.3 is 0 Å². The van der Waals surface area contributed by atoms with Crippen molar-refractivity contribution in [2.24, 2.45) is 17.3 Å². The first-order valence-electron chi connectivity index (χ1n) is 8.62. The molecule has 0 aliphatic rings. The van der Waals surface area contributed by atoms with E-state index in [9.17, 15) is 0 Å². The third kappa shape index (κ3) is 9.77. The fraction of sp³-hybridized carbons (Fsp3) is 1.00. The minimum atomic E-state index is 0.344. The summed E-state index contributed by atoms with van der Waals surface area (Å²) < 4.78 is 0. The van der Waals surface area contributed by atoms with Crippen LogP contribution >= 0.6 is 0 Å². The first-order chi connectivity index (χ1) is 9.16. The molecule has 1 N–H and O–H groups in total. The van der Waals surface area contributed by atoms with E-state index in [1.54, 1.807) is 0 Å². The van der Waals surface area contributed by atoms with Crippen molar-refractivity contribution in [3.63, 3.8) is 0 Å². The zero-order chi connectivity index (χ0) is 15.8. The minimum Gasteiger partial charge on any atom is -0.313 e. The lowest BCUT2D eigenvalue weighted by Gasteiger charge is -2.34. The quantitative estimate of drug-likeness (QED) is 0.639. The van der Waals surface area contributed by atoms with Gasteiger partial charge < -0.3 is 10.2 Å². The van der Waals surface area contributed by atoms with Gasteiger partial charge in [-0.2, -0.15) is 0 Å². The Morgan fingerprint density at radius 1 is 0.950 bits per heavy atom. The molecule has 0 heterocycles. The first kappa shape index (κ1) is 19.9. The molecular formula is C18H40N2. The molecule has 0 saturated carbocycles. The van der Waals surface area contributed by atoms with Crippen LogP contribution in [0.1, 0.15) is 68.2 Å². The van der Waals surface area contributed by atoms with Crippen LogP contribution in [0.2, 0.25) is 0 Å². The van der Waals surface area contributed by atoms with E-state index >= 15 is 0 Å². The van der Waals surface area contributed by atoms with Gasteiger partial charge in [0.2, 0.25) is 0 Å². The van der Waals surface area contributed by atoms with Crippen molar-refractivity contribution in [1.29, 1.82) is 0 Å². The van der Waals surface area contributed by atoms with E-state index in [0.29, 0.717) is 11.5 Å². The summed E-state index contributed by atoms with van der Waals surface area (Å²) in [5.74, 6) is 1.51. The summed E-state index contributed by atoms with van der Waals surface area (Å²) in [6.45, 7) is 23.4. The molecule has 0 aliphatic carbocycles. The first-order valence-corrected chi connectivity index (χ1v) is 8.62. The fourth-order valence-corrected chi connectivity index (χ4v) is 2.76. The number of hydrogen-bond donors (Lipinski definition) is 1. The third-order valence-corrected chi connectivity index (χ3v) is 3.67. The van der Waals surface area contributed by atoms with Crippen molar-refractivity contribution in [2.45, 2.75) is 74.3 Å². The standard InChI is InChI=1S/C18H40N2/c1-9-11-19-17(18(6,7)8)10-12-20(13-15(2)3)14-16(4)5/h15-17,19H,9-14H2,1-8H3. The number of nitrogens with zero attached hydrogens (tertiary/aromatic N) is 1. The Bertz CT molecular complexity index is 218. The van der Waals surface area contributed by atoms with E-state index in [0.717, 1.165) is 18.4 Å². The van der Waals surface area contributed by atoms with Gasteiger partial charge in [-0.25, -0.2) is 0 Å². The highest BCUT2D eigenvalue weighted by Crippen LogP contribution is 2.22. The predicted molar refractivity (Wildman–Crippen MR) is 92.3 cm³/mol. The van der Waals surface area contributed by atoms with Gasteiger partial charge in [-0.15, -0.1) is 0 Å². The molecule has 0 aromatic heterocycles. The minimum absolute atomic E-state index is 0.344. The summed E-state index contributed by atoms with van der Waals surface area (Å²) in [7, 11) is 0. The molecule has 0 radical (unpaired) electrons. The van der Waals surface area contributed by atoms with E-state index in [2.05, 4.69) is 65.6 Å². The van der Waals surface area contributed by atoms with Crippen LogP contribution in [-0.2, 0) is 0 Å². The van der Waals surface area contributed by atoms with E-state index in [4.69, 9.17) is 0 Å². The summed E-state index contributed by atoms with van der Waals surface area (Å²) in [4.78, 5) is 2.65. The molecule has 2 heteroatoms. The van der Waals surface area contributed by atoms with Gasteiger partial charge in [0.1, 0.15) is 0 Å². The van der Waals surface area contributed by atoms with Crippen molar-refractivity contribution >= 4 is 0 Å². The molecule has 1 atom stereocenters. The Balaban J connectivity index is 4.44. The van der Waals surface area contributed by atoms with E-state index < -0.39 is 0 Å². The van der Waals surface area contributed by atoms with Crippen LogP contribution in [-0.4, -0.2) is 37.1 Å². The van der Waals surface area contributed by atoms with Gasteiger partial charge in [0, 0.05) is 19.1 Å². The maximum atomic E-state index is 3.74. The summed E-state index contributed by atoms with van der Waals surface area (Å²) in [6.07, 6.45) is 2.47. The van der Waals surface area contributed by atoms with Crippen molar-refractivity contribution in [2.75, 3.05) is 26.2 Å².